The van der Waals surface area contributed by atoms with Gasteiger partial charge in [0.05, 0.1) is 5.56 Å². The average Bonchev–Trinajstić information content (AvgIpc) is 2.56. The van der Waals surface area contributed by atoms with Gasteiger partial charge in [-0.1, -0.05) is 76.5 Å². The van der Waals surface area contributed by atoms with E-state index in [4.69, 9.17) is 5.73 Å². The zero-order chi connectivity index (χ0) is 16.8. The Morgan fingerprint density at radius 3 is 1.96 bits per heavy atom. The lowest BCUT2D eigenvalue weighted by atomic mass is 10.1. The van der Waals surface area contributed by atoms with E-state index in [9.17, 15) is 4.79 Å². The zero-order valence-corrected chi connectivity index (χ0v) is 16.6. The van der Waals surface area contributed by atoms with Gasteiger partial charge >= 0.3 is 0 Å². The first-order valence-corrected chi connectivity index (χ1v) is 10.3. The summed E-state index contributed by atoms with van der Waals surface area (Å²) in [5.74, 6) is 1.78. The molecule has 138 valence electrons. The molecule has 1 heterocycles. The molecular formula is C19H33ClN2OS. The molecule has 0 unspecified atom stereocenters. The SMILES string of the molecule is CCCCCCCCCCCCSC[n+]1ccc(C(N)=O)cc1.[Cl-]. The molecule has 0 fully saturated rings. The molecule has 0 spiro atoms. The Hall–Kier alpha value is -0.740. The lowest BCUT2D eigenvalue weighted by Gasteiger charge is -2.02. The van der Waals surface area contributed by atoms with Crippen LogP contribution in [0.5, 0.6) is 0 Å². The lowest BCUT2D eigenvalue weighted by molar-refractivity contribution is -0.675. The van der Waals surface area contributed by atoms with Crippen molar-refractivity contribution in [1.29, 1.82) is 0 Å². The summed E-state index contributed by atoms with van der Waals surface area (Å²) in [6.45, 7) is 2.27. The molecule has 0 aliphatic heterocycles. The van der Waals surface area contributed by atoms with Gasteiger partial charge in [0.1, 0.15) is 0 Å². The van der Waals surface area contributed by atoms with E-state index in [1.807, 2.05) is 24.2 Å². The third kappa shape index (κ3) is 11.7. The van der Waals surface area contributed by atoms with Crippen LogP contribution in [0, 0.1) is 0 Å². The minimum absolute atomic E-state index is 0. The van der Waals surface area contributed by atoms with E-state index in [-0.39, 0.29) is 18.3 Å². The third-order valence-electron chi connectivity index (χ3n) is 4.06. The van der Waals surface area contributed by atoms with Gasteiger partial charge in [-0.2, -0.15) is 4.57 Å². The molecule has 24 heavy (non-hydrogen) atoms. The van der Waals surface area contributed by atoms with E-state index in [1.165, 1.54) is 70.0 Å². The maximum Gasteiger partial charge on any atom is 0.249 e. The summed E-state index contributed by atoms with van der Waals surface area (Å²) in [4.78, 5) is 11.0. The molecule has 0 saturated carbocycles. The monoisotopic (exact) mass is 372 g/mol. The summed E-state index contributed by atoms with van der Waals surface area (Å²) in [6.07, 6.45) is 17.7. The minimum Gasteiger partial charge on any atom is -1.00 e. The van der Waals surface area contributed by atoms with Crippen LogP contribution in [-0.2, 0) is 5.88 Å². The fourth-order valence-electron chi connectivity index (χ4n) is 2.57. The Morgan fingerprint density at radius 2 is 1.46 bits per heavy atom. The fraction of sp³-hybridized carbons (Fsp3) is 0.684. The zero-order valence-electron chi connectivity index (χ0n) is 15.0. The number of thioether (sulfide) groups is 1. The van der Waals surface area contributed by atoms with Crippen LogP contribution >= 0.6 is 11.8 Å². The maximum absolute atomic E-state index is 11.0. The van der Waals surface area contributed by atoms with Crippen molar-refractivity contribution < 1.29 is 21.8 Å². The predicted molar refractivity (Wildman–Crippen MR) is 99.5 cm³/mol. The van der Waals surface area contributed by atoms with Crippen molar-refractivity contribution in [2.24, 2.45) is 5.73 Å². The Morgan fingerprint density at radius 1 is 0.958 bits per heavy atom. The molecule has 3 nitrogen and oxygen atoms in total. The van der Waals surface area contributed by atoms with Crippen LogP contribution in [0.25, 0.3) is 0 Å². The van der Waals surface area contributed by atoms with Crippen LogP contribution in [0.15, 0.2) is 24.5 Å². The molecule has 0 aliphatic rings. The number of hydrogen-bond donors (Lipinski definition) is 1. The van der Waals surface area contributed by atoms with E-state index < -0.39 is 0 Å². The molecule has 0 aromatic carbocycles. The lowest BCUT2D eigenvalue weighted by Crippen LogP contribution is -3.00. The first kappa shape index (κ1) is 23.3. The number of rotatable bonds is 14. The second-order valence-electron chi connectivity index (χ2n) is 6.18. The van der Waals surface area contributed by atoms with E-state index in [2.05, 4.69) is 11.5 Å². The summed E-state index contributed by atoms with van der Waals surface area (Å²) in [5, 5.41) is 0. The number of nitrogens with zero attached hydrogens (tertiary/aromatic N) is 1. The first-order valence-electron chi connectivity index (χ1n) is 9.10. The number of hydrogen-bond acceptors (Lipinski definition) is 2. The normalized spacial score (nSPS) is 10.4. The third-order valence-corrected chi connectivity index (χ3v) is 5.12. The molecule has 1 aromatic heterocycles. The van der Waals surface area contributed by atoms with Gasteiger partial charge in [-0.15, -0.1) is 0 Å². The molecular weight excluding hydrogens is 340 g/mol. The van der Waals surface area contributed by atoms with Crippen LogP contribution in [0.3, 0.4) is 0 Å². The second-order valence-corrected chi connectivity index (χ2v) is 7.26. The molecule has 1 aromatic rings. The number of unbranched alkanes of at least 4 members (excludes halogenated alkanes) is 9. The second kappa shape index (κ2) is 15.8. The number of primary amides is 1. The van der Waals surface area contributed by atoms with Crippen molar-refractivity contribution in [1.82, 2.24) is 0 Å². The number of amides is 1. The van der Waals surface area contributed by atoms with Gasteiger partial charge < -0.3 is 18.1 Å². The minimum atomic E-state index is -0.366. The summed E-state index contributed by atoms with van der Waals surface area (Å²) >= 11 is 1.94. The Balaban J connectivity index is 0.00000529. The predicted octanol–water partition coefficient (Wildman–Crippen LogP) is 1.69. The number of carbonyl (C=O) groups is 1. The number of pyridine rings is 1. The Bertz CT molecular complexity index is 426. The number of nitrogens with two attached hydrogens (primary N) is 1. The van der Waals surface area contributed by atoms with Crippen LogP contribution in [-0.4, -0.2) is 11.7 Å². The topological polar surface area (TPSA) is 47.0 Å². The maximum atomic E-state index is 11.0. The summed E-state index contributed by atoms with van der Waals surface area (Å²) < 4.78 is 2.09. The molecule has 1 rings (SSSR count). The summed E-state index contributed by atoms with van der Waals surface area (Å²) in [7, 11) is 0. The molecule has 0 aliphatic carbocycles. The van der Waals surface area contributed by atoms with Gasteiger partial charge in [0.2, 0.25) is 5.91 Å². The highest BCUT2D eigenvalue weighted by molar-refractivity contribution is 7.98. The van der Waals surface area contributed by atoms with Gasteiger partial charge in [0, 0.05) is 12.1 Å². The van der Waals surface area contributed by atoms with Gasteiger partial charge in [-0.3, -0.25) is 4.79 Å². The van der Waals surface area contributed by atoms with Gasteiger partial charge in [-0.05, 0) is 12.2 Å². The van der Waals surface area contributed by atoms with Crippen molar-refractivity contribution in [3.05, 3.63) is 30.1 Å². The van der Waals surface area contributed by atoms with Crippen LogP contribution in [0.4, 0.5) is 0 Å². The van der Waals surface area contributed by atoms with Crippen molar-refractivity contribution in [2.45, 2.75) is 77.0 Å². The largest absolute Gasteiger partial charge is 1.00 e. The molecule has 0 bridgehead atoms. The number of halogens is 1. The van der Waals surface area contributed by atoms with Crippen LogP contribution < -0.4 is 22.7 Å². The standard InChI is InChI=1S/C19H32N2OS.ClH/c1-2-3-4-5-6-7-8-9-10-11-16-23-17-21-14-12-18(13-15-21)19(20)22;/h12-15H,2-11,16-17H2,1H3,(H-,20,22);1H. The van der Waals surface area contributed by atoms with Crippen LogP contribution in [0.1, 0.15) is 81.5 Å². The highest BCUT2D eigenvalue weighted by Crippen LogP contribution is 2.12. The Kier molecular flexibility index (Phi) is 15.3. The Labute approximate surface area is 158 Å². The van der Waals surface area contributed by atoms with E-state index in [0.717, 1.165) is 5.88 Å². The van der Waals surface area contributed by atoms with Gasteiger partial charge in [0.25, 0.3) is 0 Å². The summed E-state index contributed by atoms with van der Waals surface area (Å²) in [6, 6.07) is 3.56. The molecule has 2 N–H and O–H groups in total. The quantitative estimate of drug-likeness (QED) is 0.399. The molecule has 0 saturated heterocycles. The van der Waals surface area contributed by atoms with Crippen molar-refractivity contribution in [3.8, 4) is 0 Å². The number of aromatic nitrogens is 1. The average molecular weight is 373 g/mol. The van der Waals surface area contributed by atoms with Crippen molar-refractivity contribution in [2.75, 3.05) is 5.75 Å². The smallest absolute Gasteiger partial charge is 0.249 e. The molecule has 0 radical (unpaired) electrons. The highest BCUT2D eigenvalue weighted by atomic mass is 35.5. The van der Waals surface area contributed by atoms with E-state index >= 15 is 0 Å². The molecule has 1 amide bonds. The van der Waals surface area contributed by atoms with Gasteiger partial charge in [-0.25, -0.2) is 0 Å². The molecule has 0 atom stereocenters. The van der Waals surface area contributed by atoms with Crippen molar-refractivity contribution in [3.63, 3.8) is 0 Å². The van der Waals surface area contributed by atoms with Crippen LogP contribution in [0.2, 0.25) is 0 Å². The number of carbonyl (C=O) groups excluding carboxylic acids is 1. The molecule has 5 heteroatoms. The van der Waals surface area contributed by atoms with Gasteiger partial charge in [0.15, 0.2) is 18.3 Å². The fourth-order valence-corrected chi connectivity index (χ4v) is 3.49. The summed E-state index contributed by atoms with van der Waals surface area (Å²) in [5.41, 5.74) is 5.80. The highest BCUT2D eigenvalue weighted by Gasteiger charge is 2.04. The first-order chi connectivity index (χ1) is 11.2. The van der Waals surface area contributed by atoms with Crippen molar-refractivity contribution >= 4 is 17.7 Å². The van der Waals surface area contributed by atoms with E-state index in [0.29, 0.717) is 5.56 Å². The van der Waals surface area contributed by atoms with E-state index in [1.54, 1.807) is 12.1 Å².